The van der Waals surface area contributed by atoms with Gasteiger partial charge in [-0.15, -0.1) is 0 Å². The van der Waals surface area contributed by atoms with E-state index in [2.05, 4.69) is 0 Å². The van der Waals surface area contributed by atoms with Crippen molar-refractivity contribution in [2.45, 2.75) is 37.0 Å². The Bertz CT molecular complexity index is 534. The first kappa shape index (κ1) is 15.5. The van der Waals surface area contributed by atoms with Gasteiger partial charge in [0.15, 0.2) is 24.1 Å². The molecule has 0 aliphatic carbocycles. The molecule has 2 aliphatic rings. The Kier molecular flexibility index (Phi) is 4.22. The van der Waals surface area contributed by atoms with E-state index in [1.807, 2.05) is 0 Å². The third-order valence-corrected chi connectivity index (χ3v) is 3.84. The molecule has 0 amide bonds. The molecule has 22 heavy (non-hydrogen) atoms. The van der Waals surface area contributed by atoms with Gasteiger partial charge in [-0.25, -0.2) is 0 Å². The fourth-order valence-electron chi connectivity index (χ4n) is 2.63. The van der Waals surface area contributed by atoms with E-state index in [-0.39, 0.29) is 18.1 Å². The molecular formula is C14H18O8. The molecule has 2 aliphatic heterocycles. The molecule has 6 atom stereocenters. The number of aliphatic hydroxyl groups excluding tert-OH is 2. The highest BCUT2D eigenvalue weighted by atomic mass is 16.7. The van der Waals surface area contributed by atoms with Crippen molar-refractivity contribution in [2.75, 3.05) is 13.7 Å². The van der Waals surface area contributed by atoms with Crippen LogP contribution in [-0.2, 0) is 18.9 Å². The van der Waals surface area contributed by atoms with Crippen LogP contribution in [-0.4, -0.2) is 64.8 Å². The predicted molar refractivity (Wildman–Crippen MR) is 71.0 cm³/mol. The van der Waals surface area contributed by atoms with Crippen molar-refractivity contribution in [1.82, 2.24) is 0 Å². The van der Waals surface area contributed by atoms with Gasteiger partial charge in [0, 0.05) is 12.7 Å². The maximum Gasteiger partial charge on any atom is 0.186 e. The summed E-state index contributed by atoms with van der Waals surface area (Å²) in [6.45, 7) is 0.126. The molecule has 0 aromatic heterocycles. The fourth-order valence-corrected chi connectivity index (χ4v) is 2.63. The number of benzene rings is 1. The Morgan fingerprint density at radius 3 is 2.55 bits per heavy atom. The predicted octanol–water partition coefficient (Wildman–Crippen LogP) is -0.395. The standard InChI is InChI=1S/C14H18O8/c1-19-14-11(18)10(17)12-9(21-14)5-20-13(22-12)6-2-3-7(15)8(16)4-6/h2-4,9-18H,5H2,1H3/t9-,10-,11-,12+,13?,14+/m1/s1. The van der Waals surface area contributed by atoms with Crippen LogP contribution in [0, 0.1) is 0 Å². The molecule has 8 heteroatoms. The van der Waals surface area contributed by atoms with Crippen LogP contribution < -0.4 is 0 Å². The van der Waals surface area contributed by atoms with Crippen molar-refractivity contribution >= 4 is 0 Å². The summed E-state index contributed by atoms with van der Waals surface area (Å²) in [4.78, 5) is 0. The van der Waals surface area contributed by atoms with Crippen LogP contribution >= 0.6 is 0 Å². The number of rotatable bonds is 2. The molecule has 1 aromatic rings. The Labute approximate surface area is 126 Å². The van der Waals surface area contributed by atoms with Gasteiger partial charge >= 0.3 is 0 Å². The van der Waals surface area contributed by atoms with Gasteiger partial charge in [0.2, 0.25) is 0 Å². The monoisotopic (exact) mass is 314 g/mol. The van der Waals surface area contributed by atoms with E-state index in [1.54, 1.807) is 0 Å². The molecule has 122 valence electrons. The summed E-state index contributed by atoms with van der Waals surface area (Å²) in [7, 11) is 1.37. The van der Waals surface area contributed by atoms with Crippen LogP contribution in [0.4, 0.5) is 0 Å². The lowest BCUT2D eigenvalue weighted by Gasteiger charge is -2.45. The Balaban J connectivity index is 1.76. The number of hydrogen-bond donors (Lipinski definition) is 4. The van der Waals surface area contributed by atoms with Crippen molar-refractivity contribution < 1.29 is 39.4 Å². The van der Waals surface area contributed by atoms with Gasteiger partial charge in [0.1, 0.15) is 24.4 Å². The summed E-state index contributed by atoms with van der Waals surface area (Å²) in [5, 5.41) is 38.9. The smallest absolute Gasteiger partial charge is 0.186 e. The van der Waals surface area contributed by atoms with Gasteiger partial charge in [0.05, 0.1) is 6.61 Å². The molecule has 0 bridgehead atoms. The van der Waals surface area contributed by atoms with E-state index in [0.717, 1.165) is 0 Å². The normalized spacial score (nSPS) is 38.5. The zero-order valence-corrected chi connectivity index (χ0v) is 11.8. The average Bonchev–Trinajstić information content (AvgIpc) is 2.53. The van der Waals surface area contributed by atoms with E-state index in [9.17, 15) is 20.4 Å². The van der Waals surface area contributed by atoms with Crippen molar-refractivity contribution in [3.8, 4) is 11.5 Å². The summed E-state index contributed by atoms with van der Waals surface area (Å²) in [6.07, 6.45) is -5.60. The summed E-state index contributed by atoms with van der Waals surface area (Å²) < 4.78 is 21.6. The maximum atomic E-state index is 10.2. The number of aromatic hydroxyl groups is 2. The van der Waals surface area contributed by atoms with E-state index < -0.39 is 37.0 Å². The lowest BCUT2D eigenvalue weighted by atomic mass is 9.98. The highest BCUT2D eigenvalue weighted by Crippen LogP contribution is 2.36. The Hall–Kier alpha value is -1.42. The number of aliphatic hydroxyl groups is 2. The second-order valence-electron chi connectivity index (χ2n) is 5.27. The molecule has 1 aromatic carbocycles. The van der Waals surface area contributed by atoms with Crippen molar-refractivity contribution in [3.05, 3.63) is 23.8 Å². The zero-order valence-electron chi connectivity index (χ0n) is 11.8. The Morgan fingerprint density at radius 1 is 1.09 bits per heavy atom. The first-order valence-corrected chi connectivity index (χ1v) is 6.84. The molecular weight excluding hydrogens is 296 g/mol. The first-order chi connectivity index (χ1) is 10.5. The highest BCUT2D eigenvalue weighted by Gasteiger charge is 2.49. The third kappa shape index (κ3) is 2.65. The van der Waals surface area contributed by atoms with E-state index in [1.165, 1.54) is 25.3 Å². The molecule has 0 radical (unpaired) electrons. The molecule has 1 unspecified atom stereocenters. The van der Waals surface area contributed by atoms with Crippen molar-refractivity contribution in [2.24, 2.45) is 0 Å². The minimum Gasteiger partial charge on any atom is -0.504 e. The topological polar surface area (TPSA) is 118 Å². The molecule has 2 heterocycles. The molecule has 0 saturated carbocycles. The minimum atomic E-state index is -1.24. The van der Waals surface area contributed by atoms with Crippen LogP contribution in [0.3, 0.4) is 0 Å². The number of fused-ring (bicyclic) bond motifs is 1. The zero-order chi connectivity index (χ0) is 15.9. The summed E-state index contributed by atoms with van der Waals surface area (Å²) >= 11 is 0. The number of methoxy groups -OCH3 is 1. The average molecular weight is 314 g/mol. The number of ether oxygens (including phenoxy) is 4. The second-order valence-corrected chi connectivity index (χ2v) is 5.27. The summed E-state index contributed by atoms with van der Waals surface area (Å²) in [6, 6.07) is 4.16. The number of phenolic OH excluding ortho intramolecular Hbond substituents is 2. The highest BCUT2D eigenvalue weighted by molar-refractivity contribution is 5.41. The number of phenols is 2. The van der Waals surface area contributed by atoms with Gasteiger partial charge in [-0.2, -0.15) is 0 Å². The van der Waals surface area contributed by atoms with Gasteiger partial charge in [-0.1, -0.05) is 6.07 Å². The van der Waals surface area contributed by atoms with Gasteiger partial charge in [0.25, 0.3) is 0 Å². The van der Waals surface area contributed by atoms with Crippen LogP contribution in [0.5, 0.6) is 11.5 Å². The molecule has 2 fully saturated rings. The molecule has 3 rings (SSSR count). The lowest BCUT2D eigenvalue weighted by molar-refractivity contribution is -0.358. The van der Waals surface area contributed by atoms with Gasteiger partial charge < -0.3 is 39.4 Å². The fraction of sp³-hybridized carbons (Fsp3) is 0.571. The van der Waals surface area contributed by atoms with E-state index >= 15 is 0 Å². The molecule has 8 nitrogen and oxygen atoms in total. The first-order valence-electron chi connectivity index (χ1n) is 6.84. The van der Waals surface area contributed by atoms with Crippen LogP contribution in [0.15, 0.2) is 18.2 Å². The molecule has 0 spiro atoms. The van der Waals surface area contributed by atoms with Crippen molar-refractivity contribution in [3.63, 3.8) is 0 Å². The molecule has 2 saturated heterocycles. The van der Waals surface area contributed by atoms with E-state index in [4.69, 9.17) is 18.9 Å². The maximum absolute atomic E-state index is 10.2. The summed E-state index contributed by atoms with van der Waals surface area (Å²) in [5.41, 5.74) is 0.476. The largest absolute Gasteiger partial charge is 0.504 e. The Morgan fingerprint density at radius 2 is 1.86 bits per heavy atom. The van der Waals surface area contributed by atoms with Gasteiger partial charge in [-0.05, 0) is 12.1 Å². The van der Waals surface area contributed by atoms with Crippen molar-refractivity contribution in [1.29, 1.82) is 0 Å². The SMILES string of the molecule is CO[C@H]1O[C@@H]2COC(c3ccc(O)c(O)c3)O[C@@H]2[C@H](O)[C@H]1O. The quantitative estimate of drug-likeness (QED) is 0.545. The number of hydrogen-bond acceptors (Lipinski definition) is 8. The van der Waals surface area contributed by atoms with Crippen LogP contribution in [0.2, 0.25) is 0 Å². The van der Waals surface area contributed by atoms with Crippen LogP contribution in [0.1, 0.15) is 11.9 Å². The lowest BCUT2D eigenvalue weighted by Crippen LogP contribution is -2.62. The molecule has 4 N–H and O–H groups in total. The minimum absolute atomic E-state index is 0.126. The third-order valence-electron chi connectivity index (χ3n) is 3.84. The van der Waals surface area contributed by atoms with Gasteiger partial charge in [-0.3, -0.25) is 0 Å². The van der Waals surface area contributed by atoms with E-state index in [0.29, 0.717) is 5.56 Å². The van der Waals surface area contributed by atoms with Crippen LogP contribution in [0.25, 0.3) is 0 Å². The second kappa shape index (κ2) is 5.99. The summed E-state index contributed by atoms with van der Waals surface area (Å²) in [5.74, 6) is -0.552.